The fourth-order valence-corrected chi connectivity index (χ4v) is 2.96. The highest BCUT2D eigenvalue weighted by Gasteiger charge is 2.20. The number of nitrogens with zero attached hydrogens (tertiary/aromatic N) is 2. The van der Waals surface area contributed by atoms with Crippen molar-refractivity contribution in [1.29, 1.82) is 0 Å². The lowest BCUT2D eigenvalue weighted by Gasteiger charge is -2.03. The summed E-state index contributed by atoms with van der Waals surface area (Å²) >= 11 is 0. The molecule has 0 atom stereocenters. The van der Waals surface area contributed by atoms with Crippen LogP contribution in [-0.2, 0) is 21.3 Å². The second-order valence-corrected chi connectivity index (χ2v) is 6.89. The molecular weight excluding hydrogens is 283 g/mol. The van der Waals surface area contributed by atoms with Crippen molar-refractivity contribution in [3.8, 4) is 0 Å². The summed E-state index contributed by atoms with van der Waals surface area (Å²) in [5, 5.41) is 3.70. The van der Waals surface area contributed by atoms with Gasteiger partial charge < -0.3 is 4.52 Å². The van der Waals surface area contributed by atoms with Gasteiger partial charge in [0.1, 0.15) is 11.6 Å². The largest absolute Gasteiger partial charge is 0.338 e. The van der Waals surface area contributed by atoms with Crippen LogP contribution in [0.4, 0.5) is 4.39 Å². The van der Waals surface area contributed by atoms with E-state index in [0.717, 1.165) is 0 Å². The number of benzene rings is 1. The summed E-state index contributed by atoms with van der Waals surface area (Å²) < 4.78 is 42.4. The summed E-state index contributed by atoms with van der Waals surface area (Å²) in [6.07, 6.45) is 0. The van der Waals surface area contributed by atoms with Crippen LogP contribution in [-0.4, -0.2) is 18.6 Å². The minimum absolute atomic E-state index is 0.0324. The van der Waals surface area contributed by atoms with Crippen LogP contribution in [0, 0.1) is 5.82 Å². The number of rotatable bonds is 5. The Labute approximate surface area is 116 Å². The summed E-state index contributed by atoms with van der Waals surface area (Å²) in [5.41, 5.74) is 0.135. The lowest BCUT2D eigenvalue weighted by Crippen LogP contribution is -2.09. The van der Waals surface area contributed by atoms with Crippen LogP contribution < -0.4 is 0 Å². The number of hydrogen-bond acceptors (Lipinski definition) is 5. The van der Waals surface area contributed by atoms with Gasteiger partial charge in [-0.3, -0.25) is 0 Å². The molecule has 0 aliphatic heterocycles. The highest BCUT2D eigenvalue weighted by atomic mass is 32.2. The molecule has 0 bridgehead atoms. The Kier molecular flexibility index (Phi) is 4.17. The van der Waals surface area contributed by atoms with E-state index in [9.17, 15) is 12.8 Å². The van der Waals surface area contributed by atoms with E-state index in [1.165, 1.54) is 18.2 Å². The third kappa shape index (κ3) is 3.63. The van der Waals surface area contributed by atoms with Gasteiger partial charge in [-0.15, -0.1) is 0 Å². The Morgan fingerprint density at radius 2 is 1.95 bits per heavy atom. The number of sulfone groups is 1. The van der Waals surface area contributed by atoms with Crippen LogP contribution in [0.2, 0.25) is 0 Å². The van der Waals surface area contributed by atoms with Crippen molar-refractivity contribution in [1.82, 2.24) is 10.1 Å². The molecule has 1 heterocycles. The summed E-state index contributed by atoms with van der Waals surface area (Å²) in [5.74, 6) is -0.766. The maximum absolute atomic E-state index is 13.5. The van der Waals surface area contributed by atoms with Crippen molar-refractivity contribution < 1.29 is 17.3 Å². The summed E-state index contributed by atoms with van der Waals surface area (Å²) in [6, 6.07) is 5.78. The van der Waals surface area contributed by atoms with Crippen molar-refractivity contribution >= 4 is 9.84 Å². The molecule has 0 radical (unpaired) electrons. The van der Waals surface area contributed by atoms with Crippen LogP contribution in [0.15, 0.2) is 28.8 Å². The van der Waals surface area contributed by atoms with Gasteiger partial charge in [0.15, 0.2) is 15.7 Å². The van der Waals surface area contributed by atoms with Crippen LogP contribution >= 0.6 is 0 Å². The second kappa shape index (κ2) is 5.70. The topological polar surface area (TPSA) is 73.1 Å². The molecule has 0 aliphatic carbocycles. The number of halogens is 1. The summed E-state index contributed by atoms with van der Waals surface area (Å²) in [4.78, 5) is 4.01. The van der Waals surface area contributed by atoms with Gasteiger partial charge in [-0.25, -0.2) is 12.8 Å². The second-order valence-electron chi connectivity index (χ2n) is 4.82. The molecule has 0 unspecified atom stereocenters. The summed E-state index contributed by atoms with van der Waals surface area (Å²) in [7, 11) is -3.56. The Morgan fingerprint density at radius 1 is 1.25 bits per heavy atom. The Hall–Kier alpha value is -1.76. The average Bonchev–Trinajstić information content (AvgIpc) is 2.79. The van der Waals surface area contributed by atoms with Gasteiger partial charge in [-0.1, -0.05) is 37.2 Å². The molecule has 1 aromatic heterocycles. The minimum atomic E-state index is -3.56. The standard InChI is InChI=1S/C13H15FN2O3S/c1-9(2)13-15-12(19-16-13)8-20(17,18)7-10-5-3-4-6-11(10)14/h3-6,9H,7-8H2,1-2H3. The molecule has 1 aromatic carbocycles. The molecule has 0 amide bonds. The third-order valence-corrected chi connectivity index (χ3v) is 4.11. The van der Waals surface area contributed by atoms with Crippen LogP contribution in [0.5, 0.6) is 0 Å². The monoisotopic (exact) mass is 298 g/mol. The van der Waals surface area contributed by atoms with Crippen LogP contribution in [0.3, 0.4) is 0 Å². The van der Waals surface area contributed by atoms with Gasteiger partial charge in [-0.05, 0) is 6.07 Å². The van der Waals surface area contributed by atoms with Gasteiger partial charge >= 0.3 is 0 Å². The first-order valence-corrected chi connectivity index (χ1v) is 7.96. The van der Waals surface area contributed by atoms with Crippen molar-refractivity contribution in [2.75, 3.05) is 0 Å². The SMILES string of the molecule is CC(C)c1noc(CS(=O)(=O)Cc2ccccc2F)n1. The van der Waals surface area contributed by atoms with E-state index in [4.69, 9.17) is 4.52 Å². The Morgan fingerprint density at radius 3 is 2.55 bits per heavy atom. The normalized spacial score (nSPS) is 12.0. The minimum Gasteiger partial charge on any atom is -0.338 e. The lowest BCUT2D eigenvalue weighted by atomic mass is 10.2. The molecule has 5 nitrogen and oxygen atoms in total. The van der Waals surface area contributed by atoms with Gasteiger partial charge in [0, 0.05) is 11.5 Å². The fourth-order valence-electron chi connectivity index (χ4n) is 1.65. The first-order valence-electron chi connectivity index (χ1n) is 6.14. The van der Waals surface area contributed by atoms with E-state index in [-0.39, 0.29) is 28.9 Å². The van der Waals surface area contributed by atoms with Crippen molar-refractivity contribution in [3.63, 3.8) is 0 Å². The maximum Gasteiger partial charge on any atom is 0.241 e. The zero-order valence-electron chi connectivity index (χ0n) is 11.2. The van der Waals surface area contributed by atoms with Gasteiger partial charge in [0.05, 0.1) is 5.75 Å². The molecule has 0 fully saturated rings. The van der Waals surface area contributed by atoms with E-state index >= 15 is 0 Å². The first kappa shape index (κ1) is 14.6. The quantitative estimate of drug-likeness (QED) is 0.847. The molecule has 108 valence electrons. The molecule has 0 saturated heterocycles. The van der Waals surface area contributed by atoms with Gasteiger partial charge in [0.25, 0.3) is 0 Å². The Balaban J connectivity index is 2.13. The third-order valence-electron chi connectivity index (χ3n) is 2.68. The lowest BCUT2D eigenvalue weighted by molar-refractivity contribution is 0.380. The van der Waals surface area contributed by atoms with Crippen LogP contribution in [0.25, 0.3) is 0 Å². The first-order chi connectivity index (χ1) is 9.37. The molecule has 20 heavy (non-hydrogen) atoms. The Bertz CT molecular complexity index is 695. The maximum atomic E-state index is 13.5. The van der Waals surface area contributed by atoms with Crippen molar-refractivity contribution in [2.45, 2.75) is 31.3 Å². The van der Waals surface area contributed by atoms with E-state index in [1.54, 1.807) is 6.07 Å². The predicted octanol–water partition coefficient (Wildman–Crippen LogP) is 2.45. The highest BCUT2D eigenvalue weighted by Crippen LogP contribution is 2.16. The molecular formula is C13H15FN2O3S. The van der Waals surface area contributed by atoms with E-state index < -0.39 is 15.7 Å². The molecule has 0 saturated carbocycles. The zero-order valence-corrected chi connectivity index (χ0v) is 12.0. The zero-order chi connectivity index (χ0) is 14.8. The van der Waals surface area contributed by atoms with E-state index in [0.29, 0.717) is 5.82 Å². The fraction of sp³-hybridized carbons (Fsp3) is 0.385. The van der Waals surface area contributed by atoms with E-state index in [1.807, 2.05) is 13.8 Å². The number of hydrogen-bond donors (Lipinski definition) is 0. The van der Waals surface area contributed by atoms with Gasteiger partial charge in [-0.2, -0.15) is 4.98 Å². The molecule has 2 aromatic rings. The summed E-state index contributed by atoms with van der Waals surface area (Å²) in [6.45, 7) is 3.75. The van der Waals surface area contributed by atoms with Crippen molar-refractivity contribution in [2.24, 2.45) is 0 Å². The highest BCUT2D eigenvalue weighted by molar-refractivity contribution is 7.89. The molecule has 7 heteroatoms. The average molecular weight is 298 g/mol. The molecule has 0 aliphatic rings. The molecule has 0 N–H and O–H groups in total. The van der Waals surface area contributed by atoms with E-state index in [2.05, 4.69) is 10.1 Å². The van der Waals surface area contributed by atoms with Gasteiger partial charge in [0.2, 0.25) is 5.89 Å². The smallest absolute Gasteiger partial charge is 0.241 e. The molecule has 2 rings (SSSR count). The predicted molar refractivity (Wildman–Crippen MR) is 71.1 cm³/mol. The van der Waals surface area contributed by atoms with Crippen molar-refractivity contribution in [3.05, 3.63) is 47.4 Å². The van der Waals surface area contributed by atoms with Crippen LogP contribution in [0.1, 0.15) is 37.0 Å². The molecule has 0 spiro atoms. The number of aromatic nitrogens is 2.